The maximum Gasteiger partial charge on any atom is 0.295 e. The number of para-hydroxylation sites is 1. The molecule has 2 aromatic carbocycles. The van der Waals surface area contributed by atoms with Gasteiger partial charge in [-0.05, 0) is 29.6 Å². The van der Waals surface area contributed by atoms with Crippen LogP contribution in [0.25, 0.3) is 5.76 Å². The van der Waals surface area contributed by atoms with Crippen LogP contribution in [-0.4, -0.2) is 35.9 Å². The van der Waals surface area contributed by atoms with Crippen molar-refractivity contribution in [1.82, 2.24) is 4.90 Å². The van der Waals surface area contributed by atoms with E-state index in [1.54, 1.807) is 42.5 Å². The normalized spacial score (nSPS) is 17.6. The molecule has 1 aromatic heterocycles. The number of ether oxygens (including phenoxy) is 2. The molecule has 1 aliphatic rings. The average molecular weight is 514 g/mol. The molecule has 0 aliphatic carbocycles. The molecule has 3 aromatic rings. The summed E-state index contributed by atoms with van der Waals surface area (Å²) in [6.07, 6.45) is 0. The smallest absolute Gasteiger partial charge is 0.295 e. The summed E-state index contributed by atoms with van der Waals surface area (Å²) in [7, 11) is 3.02. The Labute approximate surface area is 197 Å². The summed E-state index contributed by atoms with van der Waals surface area (Å²) < 4.78 is 11.9. The first-order chi connectivity index (χ1) is 15.5. The van der Waals surface area contributed by atoms with E-state index in [1.807, 2.05) is 17.5 Å². The molecule has 0 bridgehead atoms. The van der Waals surface area contributed by atoms with Crippen LogP contribution in [0.2, 0.25) is 0 Å². The predicted molar refractivity (Wildman–Crippen MR) is 126 cm³/mol. The van der Waals surface area contributed by atoms with E-state index in [0.717, 1.165) is 9.35 Å². The summed E-state index contributed by atoms with van der Waals surface area (Å²) in [5, 5.41) is 13.1. The molecule has 2 heterocycles. The van der Waals surface area contributed by atoms with Gasteiger partial charge in [0, 0.05) is 20.5 Å². The van der Waals surface area contributed by atoms with Gasteiger partial charge >= 0.3 is 0 Å². The molecule has 4 rings (SSSR count). The van der Waals surface area contributed by atoms with Crippen LogP contribution in [0.15, 0.2) is 70.0 Å². The first kappa shape index (κ1) is 22.1. The number of thiophene rings is 1. The van der Waals surface area contributed by atoms with E-state index in [1.165, 1.54) is 30.5 Å². The van der Waals surface area contributed by atoms with Gasteiger partial charge in [0.15, 0.2) is 11.5 Å². The number of aliphatic hydroxyl groups is 1. The molecule has 1 N–H and O–H groups in total. The number of benzene rings is 2. The minimum absolute atomic E-state index is 0.0143. The molecule has 0 radical (unpaired) electrons. The molecule has 1 atom stereocenters. The Morgan fingerprint density at radius 1 is 1.06 bits per heavy atom. The fraction of sp³-hybridized carbons (Fsp3) is 0.167. The monoisotopic (exact) mass is 513 g/mol. The molecule has 164 valence electrons. The van der Waals surface area contributed by atoms with E-state index in [2.05, 4.69) is 15.9 Å². The maximum atomic E-state index is 13.2. The molecule has 1 saturated heterocycles. The van der Waals surface area contributed by atoms with Crippen molar-refractivity contribution in [3.8, 4) is 11.5 Å². The Balaban J connectivity index is 1.94. The van der Waals surface area contributed by atoms with Gasteiger partial charge in [-0.3, -0.25) is 9.59 Å². The molecule has 6 nitrogen and oxygen atoms in total. The van der Waals surface area contributed by atoms with Crippen molar-refractivity contribution < 1.29 is 24.2 Å². The van der Waals surface area contributed by atoms with Crippen molar-refractivity contribution in [3.63, 3.8) is 0 Å². The van der Waals surface area contributed by atoms with Crippen LogP contribution in [0.5, 0.6) is 11.5 Å². The maximum absolute atomic E-state index is 13.2. The highest BCUT2D eigenvalue weighted by atomic mass is 79.9. The van der Waals surface area contributed by atoms with Crippen LogP contribution in [0, 0.1) is 0 Å². The van der Waals surface area contributed by atoms with Crippen LogP contribution in [-0.2, 0) is 16.1 Å². The quantitative estimate of drug-likeness (QED) is 0.280. The molecule has 8 heteroatoms. The van der Waals surface area contributed by atoms with E-state index >= 15 is 0 Å². The summed E-state index contributed by atoms with van der Waals surface area (Å²) in [5.74, 6) is -0.779. The van der Waals surface area contributed by atoms with E-state index < -0.39 is 17.7 Å². The highest BCUT2D eigenvalue weighted by Gasteiger charge is 2.47. The standard InChI is InChI=1S/C24H20BrNO5S/c1-30-18-7-3-6-17(23(18)31-2)20-19(21(27)14-8-10-15(25)11-9-14)22(28)24(29)26(20)13-16-5-4-12-32-16/h3-12,20,27H,13H2,1-2H3/b21-19+. The molecule has 0 saturated carbocycles. The van der Waals surface area contributed by atoms with Crippen LogP contribution in [0.3, 0.4) is 0 Å². The summed E-state index contributed by atoms with van der Waals surface area (Å²) in [6, 6.07) is 15.1. The Kier molecular flexibility index (Phi) is 6.34. The molecule has 1 unspecified atom stereocenters. The lowest BCUT2D eigenvalue weighted by atomic mass is 9.94. The zero-order valence-corrected chi connectivity index (χ0v) is 19.8. The average Bonchev–Trinajstić information content (AvgIpc) is 3.41. The molecule has 1 fully saturated rings. The Morgan fingerprint density at radius 2 is 1.81 bits per heavy atom. The highest BCUT2D eigenvalue weighted by molar-refractivity contribution is 9.10. The molecule has 1 amide bonds. The summed E-state index contributed by atoms with van der Waals surface area (Å²) in [5.41, 5.74) is 1.01. The number of amides is 1. The topological polar surface area (TPSA) is 76.1 Å². The number of rotatable bonds is 6. The van der Waals surface area contributed by atoms with Crippen LogP contribution < -0.4 is 9.47 Å². The lowest BCUT2D eigenvalue weighted by molar-refractivity contribution is -0.140. The van der Waals surface area contributed by atoms with Crippen LogP contribution >= 0.6 is 27.3 Å². The first-order valence-electron chi connectivity index (χ1n) is 9.74. The van der Waals surface area contributed by atoms with E-state index in [-0.39, 0.29) is 17.9 Å². The minimum Gasteiger partial charge on any atom is -0.507 e. The number of ketones is 1. The van der Waals surface area contributed by atoms with E-state index in [9.17, 15) is 14.7 Å². The lowest BCUT2D eigenvalue weighted by Crippen LogP contribution is -2.29. The number of carbonyl (C=O) groups excluding carboxylic acids is 2. The number of aliphatic hydroxyl groups excluding tert-OH is 1. The third-order valence-corrected chi connectivity index (χ3v) is 6.68. The largest absolute Gasteiger partial charge is 0.507 e. The second kappa shape index (κ2) is 9.18. The Morgan fingerprint density at radius 3 is 2.44 bits per heavy atom. The van der Waals surface area contributed by atoms with E-state index in [4.69, 9.17) is 9.47 Å². The zero-order valence-electron chi connectivity index (χ0n) is 17.4. The summed E-state index contributed by atoms with van der Waals surface area (Å²) in [6.45, 7) is 0.227. The van der Waals surface area contributed by atoms with Gasteiger partial charge in [-0.25, -0.2) is 0 Å². The van der Waals surface area contributed by atoms with Crippen molar-refractivity contribution in [3.05, 3.63) is 86.0 Å². The molecular weight excluding hydrogens is 494 g/mol. The second-order valence-electron chi connectivity index (χ2n) is 7.10. The number of halogens is 1. The number of Topliss-reactive ketones (excluding diaryl/α,β-unsaturated/α-hetero) is 1. The second-order valence-corrected chi connectivity index (χ2v) is 9.04. The molecule has 1 aliphatic heterocycles. The van der Waals surface area contributed by atoms with Gasteiger partial charge in [-0.1, -0.05) is 46.3 Å². The van der Waals surface area contributed by atoms with Crippen molar-refractivity contribution in [2.24, 2.45) is 0 Å². The number of nitrogens with zero attached hydrogens (tertiary/aromatic N) is 1. The minimum atomic E-state index is -0.842. The predicted octanol–water partition coefficient (Wildman–Crippen LogP) is 5.15. The first-order valence-corrected chi connectivity index (χ1v) is 11.4. The molecule has 0 spiro atoms. The van der Waals surface area contributed by atoms with E-state index in [0.29, 0.717) is 22.6 Å². The van der Waals surface area contributed by atoms with Crippen molar-refractivity contribution in [2.45, 2.75) is 12.6 Å². The van der Waals surface area contributed by atoms with Crippen LogP contribution in [0.4, 0.5) is 0 Å². The lowest BCUT2D eigenvalue weighted by Gasteiger charge is -2.26. The SMILES string of the molecule is COc1cccc(C2/C(=C(\O)c3ccc(Br)cc3)C(=O)C(=O)N2Cc2cccs2)c1OC. The zero-order chi connectivity index (χ0) is 22.8. The third-order valence-electron chi connectivity index (χ3n) is 5.29. The van der Waals surface area contributed by atoms with Gasteiger partial charge in [-0.2, -0.15) is 0 Å². The number of hydrogen-bond acceptors (Lipinski definition) is 6. The summed E-state index contributed by atoms with van der Waals surface area (Å²) in [4.78, 5) is 28.7. The Hall–Kier alpha value is -3.10. The van der Waals surface area contributed by atoms with Gasteiger partial charge in [0.2, 0.25) is 0 Å². The number of carbonyl (C=O) groups is 2. The third kappa shape index (κ3) is 3.91. The molecular formula is C24H20BrNO5S. The van der Waals surface area contributed by atoms with Gasteiger partial charge in [0.1, 0.15) is 5.76 Å². The highest BCUT2D eigenvalue weighted by Crippen LogP contribution is 2.46. The van der Waals surface area contributed by atoms with Crippen molar-refractivity contribution >= 4 is 44.7 Å². The molecule has 32 heavy (non-hydrogen) atoms. The van der Waals surface area contributed by atoms with Crippen molar-refractivity contribution in [1.29, 1.82) is 0 Å². The number of hydrogen-bond donors (Lipinski definition) is 1. The van der Waals surface area contributed by atoms with Crippen molar-refractivity contribution in [2.75, 3.05) is 14.2 Å². The van der Waals surface area contributed by atoms with Gasteiger partial charge in [-0.15, -0.1) is 11.3 Å². The summed E-state index contributed by atoms with van der Waals surface area (Å²) >= 11 is 4.86. The van der Waals surface area contributed by atoms with Crippen LogP contribution in [0.1, 0.15) is 22.0 Å². The van der Waals surface area contributed by atoms with Gasteiger partial charge < -0.3 is 19.5 Å². The fourth-order valence-corrected chi connectivity index (χ4v) is 4.79. The Bertz CT molecular complexity index is 1190. The number of methoxy groups -OCH3 is 2. The number of likely N-dealkylation sites (tertiary alicyclic amines) is 1. The van der Waals surface area contributed by atoms with Gasteiger partial charge in [0.05, 0.1) is 32.4 Å². The fourth-order valence-electron chi connectivity index (χ4n) is 3.83. The van der Waals surface area contributed by atoms with Gasteiger partial charge in [0.25, 0.3) is 11.7 Å².